The molecule has 1 heterocycles. The van der Waals surface area contributed by atoms with Crippen LogP contribution in [0.1, 0.15) is 13.3 Å². The largest absolute Gasteiger partial charge is 0.486 e. The van der Waals surface area contributed by atoms with Gasteiger partial charge in [0.15, 0.2) is 17.5 Å². The van der Waals surface area contributed by atoms with E-state index in [9.17, 15) is 4.39 Å². The predicted molar refractivity (Wildman–Crippen MR) is 116 cm³/mol. The summed E-state index contributed by atoms with van der Waals surface area (Å²) >= 11 is 0. The van der Waals surface area contributed by atoms with Gasteiger partial charge in [0.05, 0.1) is 26.4 Å². The molecule has 1 N–H and O–H groups in total. The van der Waals surface area contributed by atoms with Gasteiger partial charge in [-0.15, -0.1) is 24.0 Å². The number of guanidine groups is 1. The smallest absolute Gasteiger partial charge is 0.193 e. The third-order valence-corrected chi connectivity index (χ3v) is 4.29. The van der Waals surface area contributed by atoms with E-state index in [1.54, 1.807) is 32.4 Å². The van der Waals surface area contributed by atoms with Crippen LogP contribution in [0.2, 0.25) is 0 Å². The summed E-state index contributed by atoms with van der Waals surface area (Å²) in [5.41, 5.74) is 0. The summed E-state index contributed by atoms with van der Waals surface area (Å²) in [6, 6.07) is 6.44. The van der Waals surface area contributed by atoms with E-state index in [-0.39, 0.29) is 41.6 Å². The normalized spacial score (nSPS) is 18.1. The van der Waals surface area contributed by atoms with Crippen molar-refractivity contribution in [2.24, 2.45) is 10.9 Å². The van der Waals surface area contributed by atoms with Crippen molar-refractivity contribution in [1.82, 2.24) is 10.2 Å². The fourth-order valence-corrected chi connectivity index (χ4v) is 2.92. The highest BCUT2D eigenvalue weighted by molar-refractivity contribution is 14.0. The van der Waals surface area contributed by atoms with Gasteiger partial charge in [0.2, 0.25) is 0 Å². The van der Waals surface area contributed by atoms with Gasteiger partial charge >= 0.3 is 0 Å². The van der Waals surface area contributed by atoms with Gasteiger partial charge in [-0.05, 0) is 25.5 Å². The number of methoxy groups -OCH3 is 1. The fraction of sp³-hybridized carbons (Fsp3) is 0.632. The Hall–Kier alpha value is -1.13. The molecule has 1 aliphatic heterocycles. The molecule has 8 heteroatoms. The highest BCUT2D eigenvalue weighted by Gasteiger charge is 2.25. The van der Waals surface area contributed by atoms with Gasteiger partial charge in [0.1, 0.15) is 6.10 Å². The van der Waals surface area contributed by atoms with Crippen molar-refractivity contribution in [3.8, 4) is 5.75 Å². The molecule has 1 aromatic carbocycles. The van der Waals surface area contributed by atoms with Crippen LogP contribution in [0, 0.1) is 11.7 Å². The number of ether oxygens (including phenoxy) is 3. The van der Waals surface area contributed by atoms with E-state index in [1.165, 1.54) is 6.07 Å². The fourth-order valence-electron chi connectivity index (χ4n) is 2.92. The molecule has 2 unspecified atom stereocenters. The summed E-state index contributed by atoms with van der Waals surface area (Å²) in [4.78, 5) is 6.57. The Morgan fingerprint density at radius 3 is 2.85 bits per heavy atom. The first-order chi connectivity index (χ1) is 12.6. The number of hydrogen-bond acceptors (Lipinski definition) is 4. The Morgan fingerprint density at radius 2 is 2.15 bits per heavy atom. The van der Waals surface area contributed by atoms with Gasteiger partial charge in [-0.3, -0.25) is 4.99 Å². The molecule has 154 valence electrons. The summed E-state index contributed by atoms with van der Waals surface area (Å²) in [5, 5.41) is 3.32. The third kappa shape index (κ3) is 8.18. The van der Waals surface area contributed by atoms with E-state index in [4.69, 9.17) is 14.2 Å². The van der Waals surface area contributed by atoms with E-state index in [2.05, 4.69) is 15.2 Å². The Labute approximate surface area is 178 Å². The Morgan fingerprint density at radius 1 is 1.37 bits per heavy atom. The lowest BCUT2D eigenvalue weighted by molar-refractivity contribution is 0.0536. The van der Waals surface area contributed by atoms with Crippen molar-refractivity contribution in [1.29, 1.82) is 0 Å². The molecule has 0 saturated carbocycles. The molecule has 6 nitrogen and oxygen atoms in total. The van der Waals surface area contributed by atoms with Crippen molar-refractivity contribution < 1.29 is 18.6 Å². The molecule has 27 heavy (non-hydrogen) atoms. The minimum atomic E-state index is -0.348. The first-order valence-electron chi connectivity index (χ1n) is 9.07. The number of hydrogen-bond donors (Lipinski definition) is 1. The molecule has 0 spiro atoms. The molecule has 0 amide bonds. The maximum absolute atomic E-state index is 13.7. The zero-order chi connectivity index (χ0) is 18.8. The van der Waals surface area contributed by atoms with Crippen LogP contribution in [-0.2, 0) is 9.47 Å². The van der Waals surface area contributed by atoms with Crippen LogP contribution < -0.4 is 10.1 Å². The number of nitrogens with one attached hydrogen (secondary N) is 1. The van der Waals surface area contributed by atoms with E-state index >= 15 is 0 Å². The number of likely N-dealkylation sites (tertiary alicyclic amines) is 1. The topological polar surface area (TPSA) is 55.3 Å². The maximum atomic E-state index is 13.7. The van der Waals surface area contributed by atoms with Crippen LogP contribution in [0.15, 0.2) is 29.3 Å². The number of para-hydroxylation sites is 1. The van der Waals surface area contributed by atoms with E-state index in [1.807, 2.05) is 6.92 Å². The Bertz CT molecular complexity index is 577. The monoisotopic (exact) mass is 495 g/mol. The molecular formula is C19H31FIN3O3. The van der Waals surface area contributed by atoms with E-state index in [0.717, 1.165) is 32.1 Å². The minimum Gasteiger partial charge on any atom is -0.486 e. The SMILES string of the molecule is CN=C(NCC(C)Oc1ccccc1F)N1CCC(COCCOC)C1.I. The molecule has 0 bridgehead atoms. The van der Waals surface area contributed by atoms with Crippen molar-refractivity contribution in [3.63, 3.8) is 0 Å². The maximum Gasteiger partial charge on any atom is 0.193 e. The number of aliphatic imine (C=N–C) groups is 1. The van der Waals surface area contributed by atoms with Crippen LogP contribution in [-0.4, -0.2) is 70.6 Å². The number of rotatable bonds is 9. The zero-order valence-electron chi connectivity index (χ0n) is 16.3. The van der Waals surface area contributed by atoms with Gasteiger partial charge < -0.3 is 24.4 Å². The molecular weight excluding hydrogens is 464 g/mol. The average molecular weight is 495 g/mol. The average Bonchev–Trinajstić information content (AvgIpc) is 3.10. The molecule has 1 saturated heterocycles. The Balaban J connectivity index is 0.00000364. The molecule has 1 fully saturated rings. The summed E-state index contributed by atoms with van der Waals surface area (Å²) < 4.78 is 29.9. The van der Waals surface area contributed by atoms with Crippen LogP contribution in [0.4, 0.5) is 4.39 Å². The molecule has 0 aromatic heterocycles. The highest BCUT2D eigenvalue weighted by Crippen LogP contribution is 2.18. The summed E-state index contributed by atoms with van der Waals surface area (Å²) in [6.07, 6.45) is 0.897. The van der Waals surface area contributed by atoms with Crippen molar-refractivity contribution in [3.05, 3.63) is 30.1 Å². The summed E-state index contributed by atoms with van der Waals surface area (Å²) in [7, 11) is 3.44. The second-order valence-corrected chi connectivity index (χ2v) is 6.46. The van der Waals surface area contributed by atoms with Gasteiger partial charge in [-0.1, -0.05) is 12.1 Å². The zero-order valence-corrected chi connectivity index (χ0v) is 18.6. The second-order valence-electron chi connectivity index (χ2n) is 6.46. The van der Waals surface area contributed by atoms with E-state index in [0.29, 0.717) is 25.7 Å². The van der Waals surface area contributed by atoms with Crippen LogP contribution in [0.25, 0.3) is 0 Å². The van der Waals surface area contributed by atoms with Gasteiger partial charge in [0.25, 0.3) is 0 Å². The van der Waals surface area contributed by atoms with Crippen molar-refractivity contribution >= 4 is 29.9 Å². The van der Waals surface area contributed by atoms with Gasteiger partial charge in [0, 0.05) is 33.2 Å². The minimum absolute atomic E-state index is 0. The number of halogens is 2. The lowest BCUT2D eigenvalue weighted by Gasteiger charge is -2.23. The molecule has 1 aliphatic rings. The number of nitrogens with zero attached hydrogens (tertiary/aromatic N) is 2. The summed E-state index contributed by atoms with van der Waals surface area (Å²) in [6.45, 7) is 6.31. The lowest BCUT2D eigenvalue weighted by atomic mass is 10.1. The third-order valence-electron chi connectivity index (χ3n) is 4.29. The standard InChI is InChI=1S/C19H30FN3O3.HI/c1-15(26-18-7-5-4-6-17(18)20)12-22-19(21-2)23-9-8-16(13-23)14-25-11-10-24-3;/h4-7,15-16H,8-14H2,1-3H3,(H,21,22);1H. The molecule has 2 atom stereocenters. The molecule has 0 aliphatic carbocycles. The highest BCUT2D eigenvalue weighted by atomic mass is 127. The van der Waals surface area contributed by atoms with E-state index < -0.39 is 0 Å². The van der Waals surface area contributed by atoms with Gasteiger partial charge in [-0.2, -0.15) is 0 Å². The van der Waals surface area contributed by atoms with Crippen LogP contribution in [0.5, 0.6) is 5.75 Å². The summed E-state index contributed by atoms with van der Waals surface area (Å²) in [5.74, 6) is 1.26. The first kappa shape index (κ1) is 23.9. The Kier molecular flexibility index (Phi) is 11.6. The number of benzene rings is 1. The predicted octanol–water partition coefficient (Wildman–Crippen LogP) is 2.77. The van der Waals surface area contributed by atoms with Crippen molar-refractivity contribution in [2.45, 2.75) is 19.4 Å². The molecule has 1 aromatic rings. The lowest BCUT2D eigenvalue weighted by Crippen LogP contribution is -2.43. The quantitative estimate of drug-likeness (QED) is 0.247. The van der Waals surface area contributed by atoms with Gasteiger partial charge in [-0.25, -0.2) is 4.39 Å². The molecule has 0 radical (unpaired) electrons. The van der Waals surface area contributed by atoms with Crippen LogP contribution in [0.3, 0.4) is 0 Å². The molecule has 2 rings (SSSR count). The second kappa shape index (κ2) is 13.1. The van der Waals surface area contributed by atoms with Crippen molar-refractivity contribution in [2.75, 3.05) is 53.6 Å². The first-order valence-corrected chi connectivity index (χ1v) is 9.07. The van der Waals surface area contributed by atoms with Crippen LogP contribution >= 0.6 is 24.0 Å².